The average Bonchev–Trinajstić information content (AvgIpc) is 3.28. The van der Waals surface area contributed by atoms with E-state index in [-0.39, 0.29) is 0 Å². The van der Waals surface area contributed by atoms with Crippen LogP contribution in [0.25, 0.3) is 55.0 Å². The van der Waals surface area contributed by atoms with Crippen LogP contribution in [-0.4, -0.2) is 9.97 Å². The van der Waals surface area contributed by atoms with Crippen LogP contribution >= 0.6 is 0 Å². The highest BCUT2D eigenvalue weighted by Gasteiger charge is 2.14. The van der Waals surface area contributed by atoms with Gasteiger partial charge >= 0.3 is 0 Å². The minimum absolute atomic E-state index is 0.823. The Kier molecular flexibility index (Phi) is 3.90. The van der Waals surface area contributed by atoms with Crippen LogP contribution in [0.15, 0.2) is 89.7 Å². The second-order valence-corrected chi connectivity index (χ2v) is 8.06. The predicted molar refractivity (Wildman–Crippen MR) is 127 cm³/mol. The highest BCUT2D eigenvalue weighted by molar-refractivity contribution is 6.09. The molecule has 0 bridgehead atoms. The number of rotatable bonds is 2. The van der Waals surface area contributed by atoms with Gasteiger partial charge < -0.3 is 4.42 Å². The van der Waals surface area contributed by atoms with Crippen molar-refractivity contribution in [3.63, 3.8) is 0 Å². The summed E-state index contributed by atoms with van der Waals surface area (Å²) in [5, 5.41) is 4.63. The van der Waals surface area contributed by atoms with E-state index in [4.69, 9.17) is 14.4 Å². The van der Waals surface area contributed by atoms with Gasteiger partial charge in [0.1, 0.15) is 5.52 Å². The van der Waals surface area contributed by atoms with Crippen LogP contribution < -0.4 is 0 Å². The maximum absolute atomic E-state index is 5.74. The fraction of sp³-hybridized carbons (Fsp3) is 0.0714. The molecule has 3 heterocycles. The molecule has 0 aliphatic rings. The molecule has 3 aromatic heterocycles. The van der Waals surface area contributed by atoms with Crippen LogP contribution in [0.3, 0.4) is 0 Å². The van der Waals surface area contributed by atoms with Crippen molar-refractivity contribution in [2.75, 3.05) is 0 Å². The van der Waals surface area contributed by atoms with Crippen LogP contribution in [0.4, 0.5) is 0 Å². The molecule has 0 aliphatic carbocycles. The van der Waals surface area contributed by atoms with E-state index in [1.807, 2.05) is 25.3 Å². The molecule has 6 rings (SSSR count). The molecule has 0 aliphatic heterocycles. The van der Waals surface area contributed by atoms with Gasteiger partial charge in [-0.1, -0.05) is 36.4 Å². The van der Waals surface area contributed by atoms with Gasteiger partial charge in [-0.2, -0.15) is 0 Å². The third-order valence-corrected chi connectivity index (χ3v) is 5.97. The van der Waals surface area contributed by atoms with E-state index in [0.717, 1.165) is 44.4 Å². The molecule has 0 saturated heterocycles. The molecule has 3 nitrogen and oxygen atoms in total. The quantitative estimate of drug-likeness (QED) is 0.302. The molecule has 0 unspecified atom stereocenters. The first-order valence-corrected chi connectivity index (χ1v) is 10.4. The van der Waals surface area contributed by atoms with E-state index in [0.29, 0.717) is 0 Å². The molecule has 0 atom stereocenters. The summed E-state index contributed by atoms with van der Waals surface area (Å²) < 4.78 is 5.74. The Bertz CT molecular complexity index is 1610. The van der Waals surface area contributed by atoms with Gasteiger partial charge in [0.2, 0.25) is 0 Å². The maximum Gasteiger partial charge on any atom is 0.160 e. The lowest BCUT2D eigenvalue weighted by molar-refractivity contribution is 0.618. The summed E-state index contributed by atoms with van der Waals surface area (Å²) >= 11 is 0. The maximum atomic E-state index is 5.74. The molecule has 3 heteroatoms. The second-order valence-electron chi connectivity index (χ2n) is 8.06. The summed E-state index contributed by atoms with van der Waals surface area (Å²) in [6.45, 7) is 4.17. The molecule has 0 radical (unpaired) electrons. The van der Waals surface area contributed by atoms with Crippen molar-refractivity contribution in [2.45, 2.75) is 13.8 Å². The summed E-state index contributed by atoms with van der Waals surface area (Å²) in [6.07, 6.45) is 3.61. The van der Waals surface area contributed by atoms with Crippen LogP contribution in [0, 0.1) is 13.8 Å². The zero-order valence-electron chi connectivity index (χ0n) is 17.4. The Labute approximate surface area is 180 Å². The second kappa shape index (κ2) is 6.78. The monoisotopic (exact) mass is 400 g/mol. The smallest absolute Gasteiger partial charge is 0.160 e. The number of hydrogen-bond acceptors (Lipinski definition) is 3. The Morgan fingerprint density at radius 3 is 2.58 bits per heavy atom. The van der Waals surface area contributed by atoms with E-state index in [9.17, 15) is 0 Å². The molecule has 0 N–H and O–H groups in total. The molecule has 0 saturated carbocycles. The Morgan fingerprint density at radius 2 is 1.65 bits per heavy atom. The lowest BCUT2D eigenvalue weighted by Crippen LogP contribution is -1.91. The van der Waals surface area contributed by atoms with E-state index in [1.54, 1.807) is 6.26 Å². The van der Waals surface area contributed by atoms with Crippen molar-refractivity contribution in [3.8, 4) is 22.4 Å². The van der Waals surface area contributed by atoms with Crippen molar-refractivity contribution in [1.29, 1.82) is 0 Å². The molecule has 31 heavy (non-hydrogen) atoms. The van der Waals surface area contributed by atoms with E-state index in [2.05, 4.69) is 67.6 Å². The molecular weight excluding hydrogens is 380 g/mol. The van der Waals surface area contributed by atoms with E-state index >= 15 is 0 Å². The summed E-state index contributed by atoms with van der Waals surface area (Å²) in [6, 6.07) is 25.6. The van der Waals surface area contributed by atoms with Crippen molar-refractivity contribution in [1.82, 2.24) is 9.97 Å². The highest BCUT2D eigenvalue weighted by Crippen LogP contribution is 2.36. The van der Waals surface area contributed by atoms with Crippen LogP contribution in [-0.2, 0) is 0 Å². The molecule has 6 aromatic rings. The van der Waals surface area contributed by atoms with Gasteiger partial charge in [0.05, 0.1) is 12.0 Å². The van der Waals surface area contributed by atoms with Gasteiger partial charge in [0.25, 0.3) is 0 Å². The van der Waals surface area contributed by atoms with Gasteiger partial charge in [-0.3, -0.25) is 4.98 Å². The van der Waals surface area contributed by atoms with Gasteiger partial charge in [0.15, 0.2) is 5.58 Å². The van der Waals surface area contributed by atoms with Crippen LogP contribution in [0.5, 0.6) is 0 Å². The molecule has 0 spiro atoms. The predicted octanol–water partition coefficient (Wildman–Crippen LogP) is 7.48. The summed E-state index contributed by atoms with van der Waals surface area (Å²) in [5.41, 5.74) is 8.29. The summed E-state index contributed by atoms with van der Waals surface area (Å²) in [7, 11) is 0. The SMILES string of the molecule is Cc1ccc2c(-c3cc(-c4cc(C)c5ccccc5c4)ccn3)cc3ccoc3c2n1. The van der Waals surface area contributed by atoms with Gasteiger partial charge in [-0.05, 0) is 77.7 Å². The van der Waals surface area contributed by atoms with Crippen LogP contribution in [0.1, 0.15) is 11.3 Å². The third kappa shape index (κ3) is 2.89. The highest BCUT2D eigenvalue weighted by atomic mass is 16.3. The van der Waals surface area contributed by atoms with Crippen molar-refractivity contribution in [2.24, 2.45) is 0 Å². The topological polar surface area (TPSA) is 38.9 Å². The average molecular weight is 400 g/mol. The number of aryl methyl sites for hydroxylation is 2. The number of pyridine rings is 2. The summed E-state index contributed by atoms with van der Waals surface area (Å²) in [4.78, 5) is 9.49. The molecule has 0 fully saturated rings. The Morgan fingerprint density at radius 1 is 0.742 bits per heavy atom. The lowest BCUT2D eigenvalue weighted by atomic mass is 9.96. The Balaban J connectivity index is 1.58. The fourth-order valence-electron chi connectivity index (χ4n) is 4.44. The minimum Gasteiger partial charge on any atom is -0.462 e. The minimum atomic E-state index is 0.823. The van der Waals surface area contributed by atoms with Gasteiger partial charge in [0, 0.05) is 28.2 Å². The molecular formula is C28H20N2O. The lowest BCUT2D eigenvalue weighted by Gasteiger charge is -2.11. The molecule has 3 aromatic carbocycles. The van der Waals surface area contributed by atoms with E-state index < -0.39 is 0 Å². The van der Waals surface area contributed by atoms with Crippen molar-refractivity contribution < 1.29 is 4.42 Å². The number of hydrogen-bond donors (Lipinski definition) is 0. The Hall–Kier alpha value is -3.98. The van der Waals surface area contributed by atoms with E-state index in [1.165, 1.54) is 21.9 Å². The standard InChI is InChI=1S/C28H20N2O/c1-17-13-22(14-20-5-3-4-6-23(17)20)19-9-11-29-26(16-19)25-15-21-10-12-31-28(21)27-24(25)8-7-18(2)30-27/h3-16H,1-2H3. The number of fused-ring (bicyclic) bond motifs is 4. The third-order valence-electron chi connectivity index (χ3n) is 5.97. The van der Waals surface area contributed by atoms with Gasteiger partial charge in [-0.25, -0.2) is 4.98 Å². The molecule has 0 amide bonds. The molecule has 148 valence electrons. The van der Waals surface area contributed by atoms with Crippen molar-refractivity contribution in [3.05, 3.63) is 96.5 Å². The first-order chi connectivity index (χ1) is 15.2. The zero-order chi connectivity index (χ0) is 20.9. The first-order valence-electron chi connectivity index (χ1n) is 10.4. The largest absolute Gasteiger partial charge is 0.462 e. The van der Waals surface area contributed by atoms with Gasteiger partial charge in [-0.15, -0.1) is 0 Å². The number of furan rings is 1. The number of benzene rings is 3. The van der Waals surface area contributed by atoms with Crippen molar-refractivity contribution >= 4 is 32.6 Å². The normalized spacial score (nSPS) is 11.5. The zero-order valence-corrected chi connectivity index (χ0v) is 17.4. The summed E-state index contributed by atoms with van der Waals surface area (Å²) in [5.74, 6) is 0. The number of aromatic nitrogens is 2. The fourth-order valence-corrected chi connectivity index (χ4v) is 4.44. The first kappa shape index (κ1) is 17.8. The van der Waals surface area contributed by atoms with Crippen LogP contribution in [0.2, 0.25) is 0 Å². The number of nitrogens with zero attached hydrogens (tertiary/aromatic N) is 2.